The Kier molecular flexibility index (Phi) is 10.2. The number of nitriles is 1. The Balaban J connectivity index is 1.24. The number of likely N-dealkylation sites (N-methyl/N-ethyl adjacent to an activating group) is 1. The second kappa shape index (κ2) is 14.1. The zero-order valence-electron chi connectivity index (χ0n) is 35.8. The van der Waals surface area contributed by atoms with E-state index in [4.69, 9.17) is 14.9 Å². The van der Waals surface area contributed by atoms with Crippen LogP contribution in [-0.2, 0) is 31.1 Å². The van der Waals surface area contributed by atoms with Gasteiger partial charge in [-0.3, -0.25) is 14.4 Å². The van der Waals surface area contributed by atoms with Gasteiger partial charge in [0.2, 0.25) is 5.82 Å². The molecule has 0 unspecified atom stereocenters. The third-order valence-electron chi connectivity index (χ3n) is 16.6. The zero-order valence-corrected chi connectivity index (χ0v) is 35.8. The average molecular weight is 782 g/mol. The van der Waals surface area contributed by atoms with Gasteiger partial charge < -0.3 is 19.7 Å². The molecule has 57 heavy (non-hydrogen) atoms. The first-order valence-corrected chi connectivity index (χ1v) is 21.2. The lowest BCUT2D eigenvalue weighted by Crippen LogP contribution is -2.66. The third-order valence-corrected chi connectivity index (χ3v) is 16.6. The molecule has 0 saturated heterocycles. The quantitative estimate of drug-likeness (QED) is 0.229. The summed E-state index contributed by atoms with van der Waals surface area (Å²) in [5.74, 6) is 1.68. The summed E-state index contributed by atoms with van der Waals surface area (Å²) in [7, 11) is 1.92. The molecule has 0 amide bonds. The molecule has 7 rings (SSSR count). The lowest BCUT2D eigenvalue weighted by molar-refractivity contribution is -0.232. The number of carboxylic acid groups (broad SMARTS) is 1. The van der Waals surface area contributed by atoms with Crippen LogP contribution in [0.3, 0.4) is 0 Å². The number of carbonyl (C=O) groups is 3. The minimum Gasteiger partial charge on any atom is -0.481 e. The maximum atomic E-state index is 14.5. The van der Waals surface area contributed by atoms with Gasteiger partial charge in [-0.15, -0.1) is 10.2 Å². The number of fused-ring (bicyclic) bond motifs is 7. The van der Waals surface area contributed by atoms with Crippen molar-refractivity contribution in [1.29, 1.82) is 5.26 Å². The van der Waals surface area contributed by atoms with Gasteiger partial charge in [0.05, 0.1) is 22.8 Å². The van der Waals surface area contributed by atoms with Crippen LogP contribution in [0.5, 0.6) is 0 Å². The predicted molar refractivity (Wildman–Crippen MR) is 214 cm³/mol. The molecule has 2 aromatic rings. The minimum absolute atomic E-state index is 0.0143. The summed E-state index contributed by atoms with van der Waals surface area (Å²) in [6, 6.07) is 2.10. The molecule has 0 aliphatic heterocycles. The molecule has 12 heteroatoms. The highest BCUT2D eigenvalue weighted by Crippen LogP contribution is 2.76. The van der Waals surface area contributed by atoms with Crippen LogP contribution in [0.15, 0.2) is 23.5 Å². The topological polar surface area (TPSA) is 173 Å². The maximum Gasteiger partial charge on any atom is 0.309 e. The number of rotatable bonds is 10. The first kappa shape index (κ1) is 41.2. The summed E-state index contributed by atoms with van der Waals surface area (Å²) in [5.41, 5.74) is 0.636. The van der Waals surface area contributed by atoms with Crippen LogP contribution in [0.1, 0.15) is 138 Å². The molecule has 0 aromatic carbocycles. The number of aromatic nitrogens is 5. The Labute approximate surface area is 338 Å². The minimum atomic E-state index is -1.18. The van der Waals surface area contributed by atoms with Gasteiger partial charge in [-0.2, -0.15) is 5.26 Å². The van der Waals surface area contributed by atoms with Gasteiger partial charge in [0.1, 0.15) is 18.0 Å². The number of nitrogens with one attached hydrogen (secondary N) is 1. The van der Waals surface area contributed by atoms with Crippen molar-refractivity contribution in [3.8, 4) is 17.7 Å². The van der Waals surface area contributed by atoms with E-state index in [2.05, 4.69) is 74.4 Å². The van der Waals surface area contributed by atoms with Gasteiger partial charge in [-0.05, 0) is 123 Å². The van der Waals surface area contributed by atoms with Crippen molar-refractivity contribution in [1.82, 2.24) is 30.0 Å². The van der Waals surface area contributed by atoms with Crippen molar-refractivity contribution in [2.45, 2.75) is 145 Å². The fraction of sp³-hybridized carbons (Fsp3) is 0.733. The van der Waals surface area contributed by atoms with Crippen molar-refractivity contribution in [3.63, 3.8) is 0 Å². The van der Waals surface area contributed by atoms with Crippen LogP contribution in [0, 0.1) is 62.1 Å². The van der Waals surface area contributed by atoms with E-state index < -0.39 is 22.8 Å². The van der Waals surface area contributed by atoms with Crippen molar-refractivity contribution in [2.24, 2.45) is 50.7 Å². The molecule has 0 bridgehead atoms. The summed E-state index contributed by atoms with van der Waals surface area (Å²) in [5, 5.41) is 32.0. The van der Waals surface area contributed by atoms with Crippen LogP contribution >= 0.6 is 0 Å². The molecule has 2 heterocycles. The Morgan fingerprint density at radius 1 is 1.00 bits per heavy atom. The lowest BCUT2D eigenvalue weighted by atomic mass is 9.33. The third kappa shape index (κ3) is 6.10. The fourth-order valence-electron chi connectivity index (χ4n) is 13.5. The van der Waals surface area contributed by atoms with E-state index >= 15 is 0 Å². The number of ether oxygens (including phenoxy) is 1. The second-order valence-corrected chi connectivity index (χ2v) is 20.5. The summed E-state index contributed by atoms with van der Waals surface area (Å²) < 4.78 is 8.33. The van der Waals surface area contributed by atoms with Crippen LogP contribution < -0.4 is 5.32 Å². The van der Waals surface area contributed by atoms with E-state index in [0.717, 1.165) is 62.8 Å². The molecular weight excluding hydrogens is 719 g/mol. The molecule has 5 aliphatic carbocycles. The molecule has 2 N–H and O–H groups in total. The number of allylic oxidation sites excluding steroid dienone is 2. The number of ketones is 1. The van der Waals surface area contributed by atoms with Crippen molar-refractivity contribution < 1.29 is 24.2 Å². The Bertz CT molecular complexity index is 2030. The van der Waals surface area contributed by atoms with E-state index in [1.54, 1.807) is 13.8 Å². The van der Waals surface area contributed by atoms with Gasteiger partial charge in [-0.1, -0.05) is 48.5 Å². The van der Waals surface area contributed by atoms with Gasteiger partial charge in [-0.25, -0.2) is 9.97 Å². The predicted octanol–water partition coefficient (Wildman–Crippen LogP) is 7.47. The van der Waals surface area contributed by atoms with E-state index in [0.29, 0.717) is 48.6 Å². The van der Waals surface area contributed by atoms with E-state index in [9.17, 15) is 24.8 Å². The van der Waals surface area contributed by atoms with Gasteiger partial charge in [0, 0.05) is 37.3 Å². The number of carbonyl (C=O) groups excluding carboxylic acids is 2. The molecule has 4 fully saturated rings. The molecular formula is C45H63N7O5. The molecule has 308 valence electrons. The van der Waals surface area contributed by atoms with Crippen molar-refractivity contribution >= 4 is 17.7 Å². The molecule has 12 nitrogen and oxygen atoms in total. The summed E-state index contributed by atoms with van der Waals surface area (Å²) in [6.07, 6.45) is 10.7. The van der Waals surface area contributed by atoms with E-state index in [-0.39, 0.29) is 51.8 Å². The summed E-state index contributed by atoms with van der Waals surface area (Å²) in [4.78, 5) is 48.4. The van der Waals surface area contributed by atoms with Gasteiger partial charge in [0.15, 0.2) is 11.6 Å². The zero-order chi connectivity index (χ0) is 41.5. The van der Waals surface area contributed by atoms with Gasteiger partial charge in [0.25, 0.3) is 0 Å². The highest BCUT2D eigenvalue weighted by atomic mass is 16.5. The van der Waals surface area contributed by atoms with Crippen LogP contribution in [0.2, 0.25) is 0 Å². The number of carboxylic acids is 1. The van der Waals surface area contributed by atoms with Gasteiger partial charge >= 0.3 is 11.9 Å². The van der Waals surface area contributed by atoms with E-state index in [1.165, 1.54) is 18.0 Å². The molecule has 4 saturated carbocycles. The largest absolute Gasteiger partial charge is 0.481 e. The molecule has 8 atom stereocenters. The normalized spacial score (nSPS) is 34.5. The Morgan fingerprint density at radius 2 is 1.70 bits per heavy atom. The Hall–Kier alpha value is -3.98. The van der Waals surface area contributed by atoms with Crippen LogP contribution in [0.25, 0.3) is 11.6 Å². The van der Waals surface area contributed by atoms with Crippen molar-refractivity contribution in [3.05, 3.63) is 34.9 Å². The smallest absolute Gasteiger partial charge is 0.309 e. The summed E-state index contributed by atoms with van der Waals surface area (Å²) >= 11 is 0. The molecule has 0 radical (unpaired) electrons. The standard InChI is InChI=1S/C45H63N7O5/c1-26(2)34-29(53)21-45(38-51-50-37(52(38)20-19-47-10)36-48-24-27(23-46)25-49-36)18-17-43(8)28(35(34)45)11-12-31-42(7)15-14-32(57-33(54)22-40(3,4)39(55)56)41(5,6)30(42)13-16-44(31,43)9/h24-26,28,30-32,47H,11-22H2,1-10H3,(H,55,56)/t28-,30+,31-,32+,42+,43-,44-,45-/m1/s1. The lowest BCUT2D eigenvalue weighted by Gasteiger charge is -2.72. The first-order chi connectivity index (χ1) is 26.7. The number of aliphatic carboxylic acids is 1. The highest BCUT2D eigenvalue weighted by Gasteiger charge is 2.71. The Morgan fingerprint density at radius 3 is 2.33 bits per heavy atom. The first-order valence-electron chi connectivity index (χ1n) is 21.2. The average Bonchev–Trinajstić information content (AvgIpc) is 3.71. The number of hydrogen-bond donors (Lipinski definition) is 2. The fourth-order valence-corrected chi connectivity index (χ4v) is 13.5. The van der Waals surface area contributed by atoms with Crippen LogP contribution in [-0.4, -0.2) is 67.3 Å². The SMILES string of the molecule is CNCCn1c(-c2ncc(C#N)cn2)nnc1[C@@]12CC[C@]3(C)[C@H](CC[C@@H]4[C@@]5(C)CC[C@H](OC(=O)CC(C)(C)C(=O)O)C(C)(C)[C@@H]5CC[C@]43C)C1=C(C(C)C)C(=O)C2. The maximum absolute atomic E-state index is 14.5. The summed E-state index contributed by atoms with van der Waals surface area (Å²) in [6.45, 7) is 20.9. The number of nitrogens with zero attached hydrogens (tertiary/aromatic N) is 6. The second-order valence-electron chi connectivity index (χ2n) is 20.5. The molecule has 5 aliphatic rings. The van der Waals surface area contributed by atoms with Crippen molar-refractivity contribution in [2.75, 3.05) is 13.6 Å². The number of esters is 1. The van der Waals surface area contributed by atoms with E-state index in [1.807, 2.05) is 7.05 Å². The molecule has 2 aromatic heterocycles. The molecule has 0 spiro atoms. The van der Waals surface area contributed by atoms with Crippen LogP contribution in [0.4, 0.5) is 0 Å². The monoisotopic (exact) mass is 781 g/mol. The number of hydrogen-bond acceptors (Lipinski definition) is 10. The number of Topliss-reactive ketones (excluding diaryl/α,β-unsaturated/α-hetero) is 1. The highest BCUT2D eigenvalue weighted by molar-refractivity contribution is 6.01.